The van der Waals surface area contributed by atoms with E-state index < -0.39 is 5.60 Å². The molecule has 1 atom stereocenters. The molecule has 0 aliphatic carbocycles. The Balaban J connectivity index is 1.98. The van der Waals surface area contributed by atoms with Crippen LogP contribution in [-0.4, -0.2) is 55.4 Å². The van der Waals surface area contributed by atoms with Crippen molar-refractivity contribution in [3.05, 3.63) is 5.82 Å². The van der Waals surface area contributed by atoms with Crippen LogP contribution in [0.2, 0.25) is 0 Å². The van der Waals surface area contributed by atoms with Gasteiger partial charge in [-0.25, -0.2) is 0 Å². The first kappa shape index (κ1) is 12.4. The van der Waals surface area contributed by atoms with Crippen LogP contribution >= 0.6 is 0 Å². The zero-order valence-electron chi connectivity index (χ0n) is 10.6. The van der Waals surface area contributed by atoms with Gasteiger partial charge in [-0.1, -0.05) is 6.92 Å². The highest BCUT2D eigenvalue weighted by Gasteiger charge is 2.31. The average Bonchev–Trinajstić information content (AvgIpc) is 2.59. The molecule has 0 aromatic carbocycles. The lowest BCUT2D eigenvalue weighted by Crippen LogP contribution is -2.33. The molecule has 0 spiro atoms. The molecule has 6 nitrogen and oxygen atoms in total. The topological polar surface area (TPSA) is 67.1 Å². The number of nitrogens with zero attached hydrogens (tertiary/aromatic N) is 5. The molecule has 1 fully saturated rings. The van der Waals surface area contributed by atoms with Crippen LogP contribution in [0.1, 0.15) is 32.0 Å². The highest BCUT2D eigenvalue weighted by molar-refractivity contribution is 4.93. The number of hydrogen-bond acceptors (Lipinski definition) is 5. The predicted molar refractivity (Wildman–Crippen MR) is 63.4 cm³/mol. The fourth-order valence-corrected chi connectivity index (χ4v) is 2.42. The van der Waals surface area contributed by atoms with Gasteiger partial charge in [0, 0.05) is 13.0 Å². The lowest BCUT2D eigenvalue weighted by Gasteiger charge is -2.25. The molecule has 2 heterocycles. The van der Waals surface area contributed by atoms with E-state index in [0.717, 1.165) is 38.9 Å². The molecule has 1 aliphatic heterocycles. The molecular weight excluding hydrogens is 218 g/mol. The Morgan fingerprint density at radius 2 is 2.18 bits per heavy atom. The van der Waals surface area contributed by atoms with Gasteiger partial charge in [-0.15, -0.1) is 10.2 Å². The Hall–Kier alpha value is -1.01. The summed E-state index contributed by atoms with van der Waals surface area (Å²) in [6.07, 6.45) is 3.16. The van der Waals surface area contributed by atoms with Crippen LogP contribution in [0, 0.1) is 0 Å². The third kappa shape index (κ3) is 3.23. The fraction of sp³-hybridized carbons (Fsp3) is 0.909. The molecule has 1 aromatic heterocycles. The van der Waals surface area contributed by atoms with E-state index in [-0.39, 0.29) is 0 Å². The van der Waals surface area contributed by atoms with Crippen molar-refractivity contribution >= 4 is 0 Å². The van der Waals surface area contributed by atoms with Gasteiger partial charge in [-0.2, -0.15) is 4.80 Å². The van der Waals surface area contributed by atoms with Gasteiger partial charge in [0.05, 0.1) is 12.6 Å². The third-order valence-corrected chi connectivity index (χ3v) is 3.49. The SMILES string of the molecule is CCN1CCCC(O)(Cc2nnn(C)n2)CC1. The monoisotopic (exact) mass is 239 g/mol. The maximum atomic E-state index is 10.6. The molecule has 96 valence electrons. The summed E-state index contributed by atoms with van der Waals surface area (Å²) < 4.78 is 0. The highest BCUT2D eigenvalue weighted by atomic mass is 16.3. The van der Waals surface area contributed by atoms with Crippen molar-refractivity contribution in [1.29, 1.82) is 0 Å². The number of tetrazole rings is 1. The minimum absolute atomic E-state index is 0.512. The Kier molecular flexibility index (Phi) is 3.73. The van der Waals surface area contributed by atoms with Crippen LogP contribution < -0.4 is 0 Å². The second-order valence-corrected chi connectivity index (χ2v) is 4.88. The summed E-state index contributed by atoms with van der Waals surface area (Å²) in [4.78, 5) is 3.82. The summed E-state index contributed by atoms with van der Waals surface area (Å²) in [6, 6.07) is 0. The van der Waals surface area contributed by atoms with Crippen molar-refractivity contribution in [2.45, 2.75) is 38.2 Å². The van der Waals surface area contributed by atoms with Gasteiger partial charge >= 0.3 is 0 Å². The summed E-state index contributed by atoms with van der Waals surface area (Å²) in [5, 5.41) is 22.5. The number of likely N-dealkylation sites (tertiary alicyclic amines) is 1. The van der Waals surface area contributed by atoms with Crippen molar-refractivity contribution in [1.82, 2.24) is 25.1 Å². The molecular formula is C11H21N5O. The summed E-state index contributed by atoms with van der Waals surface area (Å²) in [5.74, 6) is 0.639. The molecule has 1 saturated heterocycles. The highest BCUT2D eigenvalue weighted by Crippen LogP contribution is 2.25. The van der Waals surface area contributed by atoms with E-state index in [9.17, 15) is 5.11 Å². The number of aromatic nitrogens is 4. The van der Waals surface area contributed by atoms with E-state index >= 15 is 0 Å². The van der Waals surface area contributed by atoms with Crippen LogP contribution in [0.25, 0.3) is 0 Å². The lowest BCUT2D eigenvalue weighted by molar-refractivity contribution is 0.0239. The van der Waals surface area contributed by atoms with Crippen molar-refractivity contribution < 1.29 is 5.11 Å². The van der Waals surface area contributed by atoms with Crippen LogP contribution in [0.5, 0.6) is 0 Å². The van der Waals surface area contributed by atoms with Gasteiger partial charge in [0.2, 0.25) is 0 Å². The second-order valence-electron chi connectivity index (χ2n) is 4.88. The molecule has 0 amide bonds. The average molecular weight is 239 g/mol. The van der Waals surface area contributed by atoms with E-state index in [4.69, 9.17) is 0 Å². The maximum Gasteiger partial charge on any atom is 0.177 e. The first-order chi connectivity index (χ1) is 8.11. The Labute approximate surface area is 102 Å². The summed E-state index contributed by atoms with van der Waals surface area (Å²) in [6.45, 7) is 5.24. The van der Waals surface area contributed by atoms with Crippen LogP contribution in [0.15, 0.2) is 0 Å². The largest absolute Gasteiger partial charge is 0.389 e. The van der Waals surface area contributed by atoms with Crippen molar-refractivity contribution in [3.8, 4) is 0 Å². The Morgan fingerprint density at radius 3 is 2.82 bits per heavy atom. The Bertz CT molecular complexity index is 366. The first-order valence-corrected chi connectivity index (χ1v) is 6.29. The van der Waals surface area contributed by atoms with Gasteiger partial charge in [0.25, 0.3) is 0 Å². The van der Waals surface area contributed by atoms with Crippen molar-refractivity contribution in [3.63, 3.8) is 0 Å². The summed E-state index contributed by atoms with van der Waals surface area (Å²) >= 11 is 0. The maximum absolute atomic E-state index is 10.6. The van der Waals surface area contributed by atoms with Crippen LogP contribution in [-0.2, 0) is 13.5 Å². The molecule has 1 aliphatic rings. The number of hydrogen-bond donors (Lipinski definition) is 1. The number of aryl methyl sites for hydroxylation is 1. The quantitative estimate of drug-likeness (QED) is 0.803. The van der Waals surface area contributed by atoms with Crippen molar-refractivity contribution in [2.24, 2.45) is 7.05 Å². The van der Waals surface area contributed by atoms with E-state index in [1.165, 1.54) is 4.80 Å². The molecule has 2 rings (SSSR count). The zero-order valence-corrected chi connectivity index (χ0v) is 10.6. The number of aliphatic hydroxyl groups is 1. The minimum atomic E-state index is -0.660. The molecule has 17 heavy (non-hydrogen) atoms. The van der Waals surface area contributed by atoms with Crippen molar-refractivity contribution in [2.75, 3.05) is 19.6 Å². The molecule has 6 heteroatoms. The van der Waals surface area contributed by atoms with E-state index in [1.54, 1.807) is 7.05 Å². The van der Waals surface area contributed by atoms with Gasteiger partial charge in [-0.05, 0) is 37.6 Å². The fourth-order valence-electron chi connectivity index (χ4n) is 2.42. The van der Waals surface area contributed by atoms with Crippen LogP contribution in [0.3, 0.4) is 0 Å². The summed E-state index contributed by atoms with van der Waals surface area (Å²) in [5.41, 5.74) is -0.660. The molecule has 1 N–H and O–H groups in total. The predicted octanol–water partition coefficient (Wildman–Crippen LogP) is -0.0105. The van der Waals surface area contributed by atoms with Gasteiger partial charge in [-0.3, -0.25) is 0 Å². The second kappa shape index (κ2) is 5.10. The van der Waals surface area contributed by atoms with E-state index in [2.05, 4.69) is 27.2 Å². The minimum Gasteiger partial charge on any atom is -0.389 e. The first-order valence-electron chi connectivity index (χ1n) is 6.29. The van der Waals surface area contributed by atoms with Gasteiger partial charge in [0.15, 0.2) is 5.82 Å². The van der Waals surface area contributed by atoms with Gasteiger partial charge in [0.1, 0.15) is 0 Å². The molecule has 1 aromatic rings. The van der Waals surface area contributed by atoms with E-state index in [0.29, 0.717) is 12.2 Å². The van der Waals surface area contributed by atoms with Gasteiger partial charge < -0.3 is 10.0 Å². The molecule has 0 saturated carbocycles. The lowest BCUT2D eigenvalue weighted by atomic mass is 9.91. The molecule has 0 bridgehead atoms. The zero-order chi connectivity index (χ0) is 12.3. The number of rotatable bonds is 3. The van der Waals surface area contributed by atoms with E-state index in [1.807, 2.05) is 0 Å². The standard InChI is InChI=1S/C11H21N5O/c1-3-16-7-4-5-11(17,6-8-16)9-10-12-14-15(2)13-10/h17H,3-9H2,1-2H3. The summed E-state index contributed by atoms with van der Waals surface area (Å²) in [7, 11) is 1.74. The Morgan fingerprint density at radius 1 is 1.35 bits per heavy atom. The third-order valence-electron chi connectivity index (χ3n) is 3.49. The smallest absolute Gasteiger partial charge is 0.177 e. The van der Waals surface area contributed by atoms with Crippen LogP contribution in [0.4, 0.5) is 0 Å². The molecule has 1 unspecified atom stereocenters. The normalized spacial score (nSPS) is 27.0. The molecule has 0 radical (unpaired) electrons.